The lowest BCUT2D eigenvalue weighted by atomic mass is 10.0. The van der Waals surface area contributed by atoms with E-state index in [1.54, 1.807) is 6.07 Å². The minimum atomic E-state index is -1.01. The topological polar surface area (TPSA) is 101 Å². The highest BCUT2D eigenvalue weighted by Crippen LogP contribution is 2.21. The van der Waals surface area contributed by atoms with E-state index in [9.17, 15) is 9.90 Å². The molecule has 0 fully saturated rings. The molecule has 0 spiro atoms. The molecule has 0 aliphatic carbocycles. The Balaban J connectivity index is 2.32. The molecular formula is C14H18N4O3. The average Bonchev–Trinajstić information content (AvgIpc) is 2.89. The van der Waals surface area contributed by atoms with Crippen molar-refractivity contribution in [2.45, 2.75) is 40.2 Å². The van der Waals surface area contributed by atoms with Crippen LogP contribution in [0.1, 0.15) is 46.9 Å². The third-order valence-corrected chi connectivity index (χ3v) is 3.17. The summed E-state index contributed by atoms with van der Waals surface area (Å²) in [5.41, 5.74) is 2.39. The third kappa shape index (κ3) is 3.18. The average molecular weight is 290 g/mol. The summed E-state index contributed by atoms with van der Waals surface area (Å²) in [4.78, 5) is 11.5. The number of aryl methyl sites for hydroxylation is 2. The van der Waals surface area contributed by atoms with Gasteiger partial charge in [-0.25, -0.2) is 4.79 Å². The van der Waals surface area contributed by atoms with Crippen molar-refractivity contribution in [1.29, 1.82) is 0 Å². The second-order valence-electron chi connectivity index (χ2n) is 4.65. The first-order chi connectivity index (χ1) is 10.1. The van der Waals surface area contributed by atoms with Gasteiger partial charge in [0.25, 0.3) is 0 Å². The molecule has 2 aromatic rings. The van der Waals surface area contributed by atoms with Crippen LogP contribution in [0.4, 0.5) is 5.82 Å². The Labute approximate surface area is 122 Å². The molecule has 0 atom stereocenters. The van der Waals surface area contributed by atoms with Gasteiger partial charge in [-0.05, 0) is 25.3 Å². The highest BCUT2D eigenvalue weighted by molar-refractivity contribution is 5.95. The van der Waals surface area contributed by atoms with Gasteiger partial charge in [0.05, 0.1) is 17.9 Å². The van der Waals surface area contributed by atoms with Crippen molar-refractivity contribution in [3.63, 3.8) is 0 Å². The second kappa shape index (κ2) is 6.34. The first kappa shape index (κ1) is 15.0. The quantitative estimate of drug-likeness (QED) is 0.841. The molecule has 0 saturated heterocycles. The summed E-state index contributed by atoms with van der Waals surface area (Å²) in [7, 11) is 0. The normalized spacial score (nSPS) is 10.6. The lowest BCUT2D eigenvalue weighted by Crippen LogP contribution is -2.15. The smallest absolute Gasteiger partial charge is 0.339 e. The number of rotatable bonds is 6. The van der Waals surface area contributed by atoms with E-state index in [1.807, 2.05) is 20.8 Å². The molecule has 2 aromatic heterocycles. The van der Waals surface area contributed by atoms with Crippen LogP contribution < -0.4 is 5.32 Å². The van der Waals surface area contributed by atoms with Crippen LogP contribution in [0.3, 0.4) is 0 Å². The van der Waals surface area contributed by atoms with Crippen LogP contribution in [0.25, 0.3) is 0 Å². The van der Waals surface area contributed by atoms with E-state index in [2.05, 4.69) is 20.7 Å². The molecule has 2 N–H and O–H groups in total. The van der Waals surface area contributed by atoms with Gasteiger partial charge in [0.15, 0.2) is 11.6 Å². The first-order valence-electron chi connectivity index (χ1n) is 6.84. The minimum Gasteiger partial charge on any atom is -0.478 e. The monoisotopic (exact) mass is 290 g/mol. The van der Waals surface area contributed by atoms with Crippen LogP contribution in [-0.4, -0.2) is 26.4 Å². The van der Waals surface area contributed by atoms with Gasteiger partial charge in [0, 0.05) is 6.07 Å². The second-order valence-corrected chi connectivity index (χ2v) is 4.65. The van der Waals surface area contributed by atoms with E-state index in [4.69, 9.17) is 4.52 Å². The molecule has 0 aromatic carbocycles. The van der Waals surface area contributed by atoms with Gasteiger partial charge in [-0.3, -0.25) is 0 Å². The van der Waals surface area contributed by atoms with Crippen LogP contribution in [0, 0.1) is 6.92 Å². The summed E-state index contributed by atoms with van der Waals surface area (Å²) in [6.45, 7) is 5.97. The molecule has 2 rings (SSSR count). The van der Waals surface area contributed by atoms with Gasteiger partial charge in [-0.1, -0.05) is 19.0 Å². The maximum atomic E-state index is 11.5. The first-order valence-corrected chi connectivity index (χ1v) is 6.84. The summed E-state index contributed by atoms with van der Waals surface area (Å²) in [6.07, 6.45) is 1.24. The minimum absolute atomic E-state index is 0.181. The maximum absolute atomic E-state index is 11.5. The summed E-state index contributed by atoms with van der Waals surface area (Å²) in [6, 6.07) is 1.78. The van der Waals surface area contributed by atoms with Crippen molar-refractivity contribution >= 4 is 11.8 Å². The zero-order valence-electron chi connectivity index (χ0n) is 12.3. The molecule has 21 heavy (non-hydrogen) atoms. The molecule has 7 heteroatoms. The van der Waals surface area contributed by atoms with Gasteiger partial charge in [0.1, 0.15) is 5.56 Å². The van der Waals surface area contributed by atoms with Crippen molar-refractivity contribution < 1.29 is 14.4 Å². The van der Waals surface area contributed by atoms with Crippen LogP contribution in [-0.2, 0) is 19.4 Å². The van der Waals surface area contributed by atoms with E-state index in [1.165, 1.54) is 0 Å². The molecule has 0 radical (unpaired) electrons. The standard InChI is InChI=1S/C14H18N4O3/c1-4-10-11(5-2)16-17-13(12(10)14(19)20)15-7-9-6-8(3)18-21-9/h6H,4-5,7H2,1-3H3,(H,15,17)(H,19,20). The Morgan fingerprint density at radius 1 is 1.33 bits per heavy atom. The van der Waals surface area contributed by atoms with Gasteiger partial charge >= 0.3 is 5.97 Å². The molecular weight excluding hydrogens is 272 g/mol. The summed E-state index contributed by atoms with van der Waals surface area (Å²) >= 11 is 0. The molecule has 0 bridgehead atoms. The van der Waals surface area contributed by atoms with Crippen LogP contribution in [0.5, 0.6) is 0 Å². The summed E-state index contributed by atoms with van der Waals surface area (Å²) < 4.78 is 5.08. The van der Waals surface area contributed by atoms with Crippen LogP contribution in [0.15, 0.2) is 10.6 Å². The van der Waals surface area contributed by atoms with Crippen molar-refractivity contribution in [1.82, 2.24) is 15.4 Å². The molecule has 2 heterocycles. The Hall–Kier alpha value is -2.44. The molecule has 0 saturated carbocycles. The number of aromatic carboxylic acids is 1. The largest absolute Gasteiger partial charge is 0.478 e. The predicted molar refractivity (Wildman–Crippen MR) is 76.3 cm³/mol. The van der Waals surface area contributed by atoms with E-state index < -0.39 is 5.97 Å². The van der Waals surface area contributed by atoms with Gasteiger partial charge in [-0.15, -0.1) is 5.10 Å². The zero-order chi connectivity index (χ0) is 15.4. The number of aromatic nitrogens is 3. The third-order valence-electron chi connectivity index (χ3n) is 3.17. The fourth-order valence-corrected chi connectivity index (χ4v) is 2.20. The van der Waals surface area contributed by atoms with Gasteiger partial charge < -0.3 is 14.9 Å². The van der Waals surface area contributed by atoms with Crippen molar-refractivity contribution in [3.8, 4) is 0 Å². The van der Waals surface area contributed by atoms with Crippen LogP contribution >= 0.6 is 0 Å². The Morgan fingerprint density at radius 2 is 2.10 bits per heavy atom. The number of hydrogen-bond donors (Lipinski definition) is 2. The molecule has 7 nitrogen and oxygen atoms in total. The van der Waals surface area contributed by atoms with Gasteiger partial charge in [-0.2, -0.15) is 5.10 Å². The Bertz CT molecular complexity index is 652. The number of nitrogens with one attached hydrogen (secondary N) is 1. The molecule has 112 valence electrons. The van der Waals surface area contributed by atoms with Crippen molar-refractivity contribution in [3.05, 3.63) is 34.3 Å². The summed E-state index contributed by atoms with van der Waals surface area (Å²) in [5.74, 6) is -0.137. The molecule has 0 aliphatic heterocycles. The fourth-order valence-electron chi connectivity index (χ4n) is 2.20. The summed E-state index contributed by atoms with van der Waals surface area (Å²) in [5, 5.41) is 24.3. The van der Waals surface area contributed by atoms with Crippen molar-refractivity contribution in [2.75, 3.05) is 5.32 Å². The number of carboxylic acid groups (broad SMARTS) is 1. The predicted octanol–water partition coefficient (Wildman–Crippen LogP) is 2.21. The molecule has 0 amide bonds. The number of hydrogen-bond acceptors (Lipinski definition) is 6. The lowest BCUT2D eigenvalue weighted by molar-refractivity contribution is 0.0696. The van der Waals surface area contributed by atoms with E-state index >= 15 is 0 Å². The van der Waals surface area contributed by atoms with E-state index in [0.717, 1.165) is 17.0 Å². The zero-order valence-corrected chi connectivity index (χ0v) is 12.3. The van der Waals surface area contributed by atoms with Gasteiger partial charge in [0.2, 0.25) is 0 Å². The number of anilines is 1. The molecule has 0 unspecified atom stereocenters. The maximum Gasteiger partial charge on any atom is 0.339 e. The van der Waals surface area contributed by atoms with E-state index in [-0.39, 0.29) is 11.4 Å². The van der Waals surface area contributed by atoms with Crippen molar-refractivity contribution in [2.24, 2.45) is 0 Å². The van der Waals surface area contributed by atoms with E-state index in [0.29, 0.717) is 25.1 Å². The molecule has 0 aliphatic rings. The number of nitrogens with zero attached hydrogens (tertiary/aromatic N) is 3. The van der Waals surface area contributed by atoms with Crippen LogP contribution in [0.2, 0.25) is 0 Å². The SMILES string of the molecule is CCc1nnc(NCc2cc(C)no2)c(C(=O)O)c1CC. The highest BCUT2D eigenvalue weighted by Gasteiger charge is 2.20. The lowest BCUT2D eigenvalue weighted by Gasteiger charge is -2.12. The Kier molecular flexibility index (Phi) is 4.52. The Morgan fingerprint density at radius 3 is 2.62 bits per heavy atom. The highest BCUT2D eigenvalue weighted by atomic mass is 16.5. The number of carboxylic acids is 1. The number of carbonyl (C=O) groups is 1. The fraction of sp³-hybridized carbons (Fsp3) is 0.429.